The molecule has 30 heavy (non-hydrogen) atoms. The summed E-state index contributed by atoms with van der Waals surface area (Å²) in [5.74, 6) is -0.669. The Morgan fingerprint density at radius 2 is 1.97 bits per heavy atom. The Balaban J connectivity index is 2.17. The molecule has 0 N–H and O–H groups in total. The van der Waals surface area contributed by atoms with Crippen LogP contribution in [-0.2, 0) is 6.54 Å². The fourth-order valence-corrected chi connectivity index (χ4v) is 3.60. The molecule has 150 valence electrons. The Morgan fingerprint density at radius 1 is 1.20 bits per heavy atom. The normalized spacial score (nSPS) is 11.0. The second-order valence-electron chi connectivity index (χ2n) is 6.68. The van der Waals surface area contributed by atoms with E-state index in [-0.39, 0.29) is 34.2 Å². The maximum atomic E-state index is 14.1. The average Bonchev–Trinajstić information content (AvgIpc) is 3.13. The molecule has 0 radical (unpaired) electrons. The first-order valence-electron chi connectivity index (χ1n) is 8.82. The first-order chi connectivity index (χ1) is 14.3. The molecule has 0 spiro atoms. The van der Waals surface area contributed by atoms with Gasteiger partial charge >= 0.3 is 5.69 Å². The van der Waals surface area contributed by atoms with Gasteiger partial charge < -0.3 is 0 Å². The van der Waals surface area contributed by atoms with Gasteiger partial charge in [-0.2, -0.15) is 10.4 Å². The quantitative estimate of drug-likeness (QED) is 0.503. The first kappa shape index (κ1) is 19.5. The third-order valence-electron chi connectivity index (χ3n) is 4.76. The lowest BCUT2D eigenvalue weighted by atomic mass is 10.2. The Hall–Kier alpha value is -3.77. The number of hydrogen-bond acceptors (Lipinski definition) is 5. The molecule has 3 aromatic heterocycles. The summed E-state index contributed by atoms with van der Waals surface area (Å²) in [6.07, 6.45) is 4.40. The van der Waals surface area contributed by atoms with Crippen molar-refractivity contribution in [1.82, 2.24) is 23.9 Å². The number of rotatable bonds is 3. The number of aryl methyl sites for hydroxylation is 1. The summed E-state index contributed by atoms with van der Waals surface area (Å²) >= 11 is 6.16. The van der Waals surface area contributed by atoms with E-state index in [1.54, 1.807) is 19.2 Å². The molecule has 10 heteroatoms. The van der Waals surface area contributed by atoms with Crippen molar-refractivity contribution in [3.05, 3.63) is 79.7 Å². The number of benzene rings is 1. The van der Waals surface area contributed by atoms with Crippen LogP contribution in [0.25, 0.3) is 22.3 Å². The second-order valence-corrected chi connectivity index (χ2v) is 7.06. The molecule has 4 aromatic rings. The molecule has 0 saturated heterocycles. The van der Waals surface area contributed by atoms with Crippen LogP contribution in [0.15, 0.2) is 46.4 Å². The van der Waals surface area contributed by atoms with E-state index in [2.05, 4.69) is 10.1 Å². The molecule has 0 fully saturated rings. The van der Waals surface area contributed by atoms with Gasteiger partial charge in [-0.15, -0.1) is 0 Å². The minimum absolute atomic E-state index is 0.0196. The van der Waals surface area contributed by atoms with Gasteiger partial charge in [0.1, 0.15) is 17.4 Å². The van der Waals surface area contributed by atoms with Crippen molar-refractivity contribution in [3.8, 4) is 17.4 Å². The molecule has 0 unspecified atom stereocenters. The van der Waals surface area contributed by atoms with E-state index in [1.807, 2.05) is 6.07 Å². The van der Waals surface area contributed by atoms with Crippen LogP contribution in [0.3, 0.4) is 0 Å². The Morgan fingerprint density at radius 3 is 2.67 bits per heavy atom. The summed E-state index contributed by atoms with van der Waals surface area (Å²) in [6.45, 7) is 3.00. The summed E-state index contributed by atoms with van der Waals surface area (Å²) < 4.78 is 17.4. The van der Waals surface area contributed by atoms with Crippen LogP contribution < -0.4 is 11.2 Å². The maximum Gasteiger partial charge on any atom is 0.336 e. The summed E-state index contributed by atoms with van der Waals surface area (Å²) in [5, 5.41) is 13.7. The van der Waals surface area contributed by atoms with E-state index in [0.717, 1.165) is 14.7 Å². The number of nitrogens with zero attached hydrogens (tertiary/aromatic N) is 6. The fourth-order valence-electron chi connectivity index (χ4n) is 3.35. The van der Waals surface area contributed by atoms with E-state index >= 15 is 0 Å². The molecular formula is C20H14ClFN6O2. The zero-order valence-electron chi connectivity index (χ0n) is 15.9. The number of nitriles is 1. The minimum Gasteiger partial charge on any atom is -0.282 e. The largest absolute Gasteiger partial charge is 0.336 e. The van der Waals surface area contributed by atoms with Gasteiger partial charge in [-0.1, -0.05) is 11.6 Å². The van der Waals surface area contributed by atoms with Gasteiger partial charge in [-0.3, -0.25) is 14.3 Å². The molecule has 0 aliphatic rings. The monoisotopic (exact) mass is 424 g/mol. The SMILES string of the molecule is Cc1cncc(-n2c(=O)c(-n3ncc4ccc(F)c(Cl)c43)c(C)n(CC#N)c2=O)c1. The van der Waals surface area contributed by atoms with E-state index in [0.29, 0.717) is 5.39 Å². The maximum absolute atomic E-state index is 14.1. The standard InChI is InChI=1S/C20H14ClFN6O2/c1-11-7-14(10-24-8-11)27-19(29)17(12(2)26(6-5-23)20(27)30)28-18-13(9-25-28)3-4-15(22)16(18)21/h3-4,7-10H,6H2,1-2H3. The van der Waals surface area contributed by atoms with Crippen molar-refractivity contribution in [2.75, 3.05) is 0 Å². The van der Waals surface area contributed by atoms with Crippen LogP contribution in [0.4, 0.5) is 4.39 Å². The predicted octanol–water partition coefficient (Wildman–Crippen LogP) is 2.67. The molecule has 0 bridgehead atoms. The predicted molar refractivity (Wildman–Crippen MR) is 109 cm³/mol. The molecule has 4 rings (SSSR count). The van der Waals surface area contributed by atoms with Crippen molar-refractivity contribution in [2.24, 2.45) is 0 Å². The van der Waals surface area contributed by atoms with Crippen LogP contribution in [0.1, 0.15) is 11.3 Å². The Kier molecular flexibility index (Phi) is 4.72. The average molecular weight is 425 g/mol. The number of aromatic nitrogens is 5. The number of fused-ring (bicyclic) bond motifs is 1. The van der Waals surface area contributed by atoms with Crippen LogP contribution >= 0.6 is 11.6 Å². The number of pyridine rings is 1. The van der Waals surface area contributed by atoms with Crippen molar-refractivity contribution >= 4 is 22.5 Å². The molecule has 0 amide bonds. The highest BCUT2D eigenvalue weighted by Gasteiger charge is 2.22. The lowest BCUT2D eigenvalue weighted by Gasteiger charge is -2.16. The summed E-state index contributed by atoms with van der Waals surface area (Å²) in [5.41, 5.74) is -0.0296. The van der Waals surface area contributed by atoms with Gasteiger partial charge in [-0.25, -0.2) is 18.4 Å². The smallest absolute Gasteiger partial charge is 0.282 e. The van der Waals surface area contributed by atoms with E-state index in [1.165, 1.54) is 36.1 Å². The zero-order chi connectivity index (χ0) is 21.6. The third-order valence-corrected chi connectivity index (χ3v) is 5.12. The molecule has 1 aromatic carbocycles. The minimum atomic E-state index is -0.691. The van der Waals surface area contributed by atoms with Gasteiger partial charge in [0.25, 0.3) is 5.56 Å². The highest BCUT2D eigenvalue weighted by molar-refractivity contribution is 6.35. The van der Waals surface area contributed by atoms with Crippen molar-refractivity contribution < 1.29 is 4.39 Å². The molecule has 0 saturated carbocycles. The van der Waals surface area contributed by atoms with E-state index in [4.69, 9.17) is 11.6 Å². The zero-order valence-corrected chi connectivity index (χ0v) is 16.7. The van der Waals surface area contributed by atoms with Crippen LogP contribution in [0.2, 0.25) is 5.02 Å². The van der Waals surface area contributed by atoms with E-state index < -0.39 is 17.1 Å². The molecule has 8 nitrogen and oxygen atoms in total. The highest BCUT2D eigenvalue weighted by atomic mass is 35.5. The Bertz CT molecular complexity index is 1480. The topological polar surface area (TPSA) is 98.5 Å². The molecule has 0 aliphatic carbocycles. The van der Waals surface area contributed by atoms with Crippen molar-refractivity contribution in [3.63, 3.8) is 0 Å². The summed E-state index contributed by atoms with van der Waals surface area (Å²) in [7, 11) is 0. The lowest BCUT2D eigenvalue weighted by Crippen LogP contribution is -2.42. The number of halogens is 2. The number of hydrogen-bond donors (Lipinski definition) is 0. The molecule has 3 heterocycles. The summed E-state index contributed by atoms with van der Waals surface area (Å²) in [4.78, 5) is 30.6. The molecule has 0 aliphatic heterocycles. The fraction of sp³-hybridized carbons (Fsp3) is 0.150. The van der Waals surface area contributed by atoms with Gasteiger partial charge in [0.2, 0.25) is 0 Å². The lowest BCUT2D eigenvalue weighted by molar-refractivity contribution is 0.628. The molecule has 0 atom stereocenters. The van der Waals surface area contributed by atoms with Crippen molar-refractivity contribution in [2.45, 2.75) is 20.4 Å². The van der Waals surface area contributed by atoms with Gasteiger partial charge in [0, 0.05) is 11.6 Å². The van der Waals surface area contributed by atoms with Crippen molar-refractivity contribution in [1.29, 1.82) is 5.26 Å². The summed E-state index contributed by atoms with van der Waals surface area (Å²) in [6, 6.07) is 6.24. The third kappa shape index (κ3) is 2.89. The van der Waals surface area contributed by atoms with E-state index in [9.17, 15) is 19.2 Å². The van der Waals surface area contributed by atoms with Crippen LogP contribution in [0, 0.1) is 31.0 Å². The van der Waals surface area contributed by atoms with Gasteiger partial charge in [0.05, 0.1) is 35.4 Å². The highest BCUT2D eigenvalue weighted by Crippen LogP contribution is 2.28. The first-order valence-corrected chi connectivity index (χ1v) is 9.20. The van der Waals surface area contributed by atoms with Gasteiger partial charge in [0.15, 0.2) is 5.69 Å². The molecular weight excluding hydrogens is 411 g/mol. The Labute approximate surface area is 174 Å². The van der Waals surface area contributed by atoms with Crippen LogP contribution in [-0.4, -0.2) is 23.9 Å². The second kappa shape index (κ2) is 7.24. The van der Waals surface area contributed by atoms with Crippen LogP contribution in [0.5, 0.6) is 0 Å². The van der Waals surface area contributed by atoms with Gasteiger partial charge in [-0.05, 0) is 37.6 Å².